The predicted molar refractivity (Wildman–Crippen MR) is 118 cm³/mol. The normalized spacial score (nSPS) is 11.1. The van der Waals surface area contributed by atoms with Crippen LogP contribution in [0.15, 0.2) is 59.7 Å². The molecule has 31 heavy (non-hydrogen) atoms. The van der Waals surface area contributed by atoms with E-state index in [1.54, 1.807) is 23.1 Å². The van der Waals surface area contributed by atoms with Crippen molar-refractivity contribution in [1.29, 1.82) is 5.26 Å². The molecule has 3 aromatic heterocycles. The SMILES string of the molecule is Cn1ncc(-c2ccc3c(=O)[nH]nc(CN)c3c2)c1-c1cc2ncccc2cc1C#N. The number of fused-ring (bicyclic) bond motifs is 2. The van der Waals surface area contributed by atoms with Crippen molar-refractivity contribution >= 4 is 21.7 Å². The number of benzene rings is 2. The Bertz CT molecular complexity index is 1570. The molecule has 0 aliphatic heterocycles. The molecule has 0 unspecified atom stereocenters. The number of nitriles is 1. The number of hydrogen-bond acceptors (Lipinski definition) is 6. The van der Waals surface area contributed by atoms with E-state index < -0.39 is 0 Å². The van der Waals surface area contributed by atoms with Gasteiger partial charge in [-0.2, -0.15) is 15.5 Å². The standard InChI is InChI=1S/C23H17N7O/c1-30-22(17-9-20-14(3-2-6-26-20)7-15(17)10-24)19(12-27-30)13-4-5-16-18(8-13)21(11-25)28-29-23(16)31/h2-9,12H,11,25H2,1H3,(H,29,31). The molecular weight excluding hydrogens is 390 g/mol. The maximum atomic E-state index is 12.2. The summed E-state index contributed by atoms with van der Waals surface area (Å²) in [4.78, 5) is 16.6. The largest absolute Gasteiger partial charge is 0.325 e. The molecule has 8 heteroatoms. The molecule has 5 rings (SSSR count). The Hall–Kier alpha value is -4.35. The van der Waals surface area contributed by atoms with Gasteiger partial charge in [0, 0.05) is 41.7 Å². The van der Waals surface area contributed by atoms with Crippen molar-refractivity contribution < 1.29 is 0 Å². The Morgan fingerprint density at radius 1 is 1.16 bits per heavy atom. The van der Waals surface area contributed by atoms with Crippen LogP contribution < -0.4 is 11.3 Å². The van der Waals surface area contributed by atoms with Crippen molar-refractivity contribution in [3.63, 3.8) is 0 Å². The molecule has 3 heterocycles. The summed E-state index contributed by atoms with van der Waals surface area (Å²) in [5, 5.41) is 22.9. The highest BCUT2D eigenvalue weighted by molar-refractivity contribution is 5.94. The predicted octanol–water partition coefficient (Wildman–Crippen LogP) is 2.87. The van der Waals surface area contributed by atoms with Gasteiger partial charge in [0.15, 0.2) is 0 Å². The molecule has 0 atom stereocenters. The van der Waals surface area contributed by atoms with E-state index in [9.17, 15) is 10.1 Å². The van der Waals surface area contributed by atoms with Crippen molar-refractivity contribution in [2.75, 3.05) is 0 Å². The third kappa shape index (κ3) is 2.96. The van der Waals surface area contributed by atoms with E-state index in [2.05, 4.69) is 26.3 Å². The third-order valence-electron chi connectivity index (χ3n) is 5.43. The minimum atomic E-state index is -0.266. The Balaban J connectivity index is 1.78. The second-order valence-electron chi connectivity index (χ2n) is 7.20. The number of hydrogen-bond donors (Lipinski definition) is 2. The van der Waals surface area contributed by atoms with Gasteiger partial charge < -0.3 is 5.73 Å². The van der Waals surface area contributed by atoms with Crippen LogP contribution in [0.25, 0.3) is 44.1 Å². The molecule has 0 fully saturated rings. The van der Waals surface area contributed by atoms with E-state index in [1.807, 2.05) is 43.4 Å². The smallest absolute Gasteiger partial charge is 0.272 e. The van der Waals surface area contributed by atoms with Crippen LogP contribution in [0.1, 0.15) is 11.3 Å². The van der Waals surface area contributed by atoms with Crippen LogP contribution in [-0.4, -0.2) is 25.0 Å². The van der Waals surface area contributed by atoms with Crippen molar-refractivity contribution in [2.45, 2.75) is 6.54 Å². The number of nitrogens with one attached hydrogen (secondary N) is 1. The van der Waals surface area contributed by atoms with Crippen LogP contribution in [0, 0.1) is 11.3 Å². The number of aromatic amines is 1. The van der Waals surface area contributed by atoms with E-state index >= 15 is 0 Å². The highest BCUT2D eigenvalue weighted by Gasteiger charge is 2.18. The van der Waals surface area contributed by atoms with Crippen LogP contribution in [0.3, 0.4) is 0 Å². The van der Waals surface area contributed by atoms with Gasteiger partial charge in [0.05, 0.1) is 40.1 Å². The van der Waals surface area contributed by atoms with E-state index in [1.165, 1.54) is 0 Å². The summed E-state index contributed by atoms with van der Waals surface area (Å²) in [6.07, 6.45) is 3.48. The first kappa shape index (κ1) is 18.7. The number of nitrogens with two attached hydrogens (primary N) is 1. The number of aromatic nitrogens is 5. The highest BCUT2D eigenvalue weighted by Crippen LogP contribution is 2.36. The first-order valence-corrected chi connectivity index (χ1v) is 9.63. The summed E-state index contributed by atoms with van der Waals surface area (Å²) in [6, 6.07) is 15.3. The summed E-state index contributed by atoms with van der Waals surface area (Å²) < 4.78 is 1.74. The zero-order valence-corrected chi connectivity index (χ0v) is 16.6. The fourth-order valence-electron chi connectivity index (χ4n) is 3.92. The minimum absolute atomic E-state index is 0.200. The van der Waals surface area contributed by atoms with Gasteiger partial charge in [-0.25, -0.2) is 5.10 Å². The number of H-pyrrole nitrogens is 1. The topological polar surface area (TPSA) is 126 Å². The van der Waals surface area contributed by atoms with Crippen molar-refractivity contribution in [2.24, 2.45) is 12.8 Å². The monoisotopic (exact) mass is 407 g/mol. The Labute approximate surface area is 176 Å². The molecule has 0 aliphatic rings. The molecule has 0 saturated heterocycles. The van der Waals surface area contributed by atoms with Crippen molar-refractivity contribution in [3.8, 4) is 28.5 Å². The fourth-order valence-corrected chi connectivity index (χ4v) is 3.92. The quantitative estimate of drug-likeness (QED) is 0.473. The fraction of sp³-hybridized carbons (Fsp3) is 0.0870. The summed E-state index contributed by atoms with van der Waals surface area (Å²) in [5.41, 5.74) is 10.7. The van der Waals surface area contributed by atoms with Gasteiger partial charge in [-0.05, 0) is 35.9 Å². The average Bonchev–Trinajstić information content (AvgIpc) is 3.19. The summed E-state index contributed by atoms with van der Waals surface area (Å²) >= 11 is 0. The maximum Gasteiger partial charge on any atom is 0.272 e. The molecule has 5 aromatic rings. The van der Waals surface area contributed by atoms with Crippen LogP contribution in [0.4, 0.5) is 0 Å². The second kappa shape index (κ2) is 7.16. The van der Waals surface area contributed by atoms with Crippen LogP contribution in [0.5, 0.6) is 0 Å². The molecular formula is C23H17N7O. The molecule has 0 amide bonds. The van der Waals surface area contributed by atoms with E-state index in [4.69, 9.17) is 5.73 Å². The number of nitrogens with zero attached hydrogens (tertiary/aromatic N) is 5. The van der Waals surface area contributed by atoms with Gasteiger partial charge in [0.2, 0.25) is 0 Å². The maximum absolute atomic E-state index is 12.2. The lowest BCUT2D eigenvalue weighted by Gasteiger charge is -2.11. The van der Waals surface area contributed by atoms with Crippen molar-refractivity contribution in [3.05, 3.63) is 76.5 Å². The van der Waals surface area contributed by atoms with Gasteiger partial charge in [-0.15, -0.1) is 0 Å². The molecule has 3 N–H and O–H groups in total. The number of aryl methyl sites for hydroxylation is 1. The lowest BCUT2D eigenvalue weighted by molar-refractivity contribution is 0.776. The Morgan fingerprint density at radius 3 is 2.84 bits per heavy atom. The Kier molecular flexibility index (Phi) is 4.31. The van der Waals surface area contributed by atoms with E-state index in [0.29, 0.717) is 22.0 Å². The van der Waals surface area contributed by atoms with E-state index in [0.717, 1.165) is 33.3 Å². The molecule has 0 bridgehead atoms. The summed E-state index contributed by atoms with van der Waals surface area (Å²) in [5.74, 6) is 0. The molecule has 8 nitrogen and oxygen atoms in total. The molecule has 0 saturated carbocycles. The van der Waals surface area contributed by atoms with Gasteiger partial charge in [-0.3, -0.25) is 14.5 Å². The van der Waals surface area contributed by atoms with Crippen molar-refractivity contribution in [1.82, 2.24) is 25.0 Å². The molecule has 0 aliphatic carbocycles. The lowest BCUT2D eigenvalue weighted by atomic mass is 9.95. The summed E-state index contributed by atoms with van der Waals surface area (Å²) in [6.45, 7) is 0.200. The van der Waals surface area contributed by atoms with Gasteiger partial charge >= 0.3 is 0 Å². The lowest BCUT2D eigenvalue weighted by Crippen LogP contribution is -2.13. The molecule has 2 aromatic carbocycles. The highest BCUT2D eigenvalue weighted by atomic mass is 16.1. The molecule has 0 radical (unpaired) electrons. The van der Waals surface area contributed by atoms with Crippen LogP contribution >= 0.6 is 0 Å². The van der Waals surface area contributed by atoms with E-state index in [-0.39, 0.29) is 12.1 Å². The second-order valence-corrected chi connectivity index (χ2v) is 7.20. The first-order chi connectivity index (χ1) is 15.1. The minimum Gasteiger partial charge on any atom is -0.325 e. The Morgan fingerprint density at radius 2 is 2.03 bits per heavy atom. The molecule has 0 spiro atoms. The average molecular weight is 407 g/mol. The van der Waals surface area contributed by atoms with Gasteiger partial charge in [0.25, 0.3) is 5.56 Å². The first-order valence-electron chi connectivity index (χ1n) is 9.63. The third-order valence-corrected chi connectivity index (χ3v) is 5.43. The number of pyridine rings is 1. The van der Waals surface area contributed by atoms with Gasteiger partial charge in [0.1, 0.15) is 0 Å². The molecule has 150 valence electrons. The van der Waals surface area contributed by atoms with Gasteiger partial charge in [-0.1, -0.05) is 12.1 Å². The zero-order chi connectivity index (χ0) is 21.5. The number of rotatable bonds is 3. The zero-order valence-electron chi connectivity index (χ0n) is 16.6. The summed E-state index contributed by atoms with van der Waals surface area (Å²) in [7, 11) is 1.83. The van der Waals surface area contributed by atoms with Crippen LogP contribution in [0.2, 0.25) is 0 Å². The van der Waals surface area contributed by atoms with Crippen LogP contribution in [-0.2, 0) is 13.6 Å².